The van der Waals surface area contributed by atoms with E-state index in [1.54, 1.807) is 6.92 Å². The summed E-state index contributed by atoms with van der Waals surface area (Å²) in [6, 6.07) is 0. The Hall–Kier alpha value is -0.940. The van der Waals surface area contributed by atoms with Gasteiger partial charge in [-0.25, -0.2) is 4.79 Å². The number of ether oxygens (including phenoxy) is 1. The van der Waals surface area contributed by atoms with E-state index in [2.05, 4.69) is 16.6 Å². The Morgan fingerprint density at radius 2 is 2.45 bits per heavy atom. The first-order valence-electron chi connectivity index (χ1n) is 3.19. The lowest BCUT2D eigenvalue weighted by molar-refractivity contribution is -0.137. The fourth-order valence-electron chi connectivity index (χ4n) is 0.398. The Labute approximate surface area is 71.2 Å². The molecule has 0 unspecified atom stereocenters. The number of hydrogen-bond acceptors (Lipinski definition) is 2. The van der Waals surface area contributed by atoms with E-state index < -0.39 is 0 Å². The summed E-state index contributed by atoms with van der Waals surface area (Å²) in [4.78, 5) is 10.6. The van der Waals surface area contributed by atoms with E-state index in [1.807, 2.05) is 0 Å². The van der Waals surface area contributed by atoms with Gasteiger partial charge in [-0.05, 0) is 13.0 Å². The smallest absolute Gasteiger partial charge is 0.331 e. The van der Waals surface area contributed by atoms with Crippen molar-refractivity contribution in [3.8, 4) is 11.8 Å². The Kier molecular flexibility index (Phi) is 6.56. The van der Waals surface area contributed by atoms with Crippen LogP contribution in [0.25, 0.3) is 0 Å². The van der Waals surface area contributed by atoms with Crippen molar-refractivity contribution in [2.24, 2.45) is 0 Å². The van der Waals surface area contributed by atoms with Gasteiger partial charge in [0.25, 0.3) is 0 Å². The molecule has 2 nitrogen and oxygen atoms in total. The second-order valence-electron chi connectivity index (χ2n) is 1.54. The van der Waals surface area contributed by atoms with Gasteiger partial charge in [-0.15, -0.1) is 11.6 Å². The standard InChI is InChI=1S/C8H9ClO2/c1-2-11-8(10)6-4-3-5-7-9/h4,6H,2,7H2,1H3. The number of alkyl halides is 1. The zero-order valence-corrected chi connectivity index (χ0v) is 7.02. The van der Waals surface area contributed by atoms with Crippen molar-refractivity contribution in [3.05, 3.63) is 12.2 Å². The predicted molar refractivity (Wildman–Crippen MR) is 44.3 cm³/mol. The largest absolute Gasteiger partial charge is 0.463 e. The number of rotatable bonds is 2. The second kappa shape index (κ2) is 7.17. The fourth-order valence-corrected chi connectivity index (χ4v) is 0.475. The van der Waals surface area contributed by atoms with E-state index in [-0.39, 0.29) is 11.8 Å². The molecule has 0 saturated heterocycles. The third-order valence-corrected chi connectivity index (χ3v) is 0.892. The Bertz CT molecular complexity index is 198. The summed E-state index contributed by atoms with van der Waals surface area (Å²) < 4.78 is 4.60. The van der Waals surface area contributed by atoms with Gasteiger partial charge in [-0.1, -0.05) is 11.8 Å². The summed E-state index contributed by atoms with van der Waals surface area (Å²) in [5.74, 6) is 5.02. The topological polar surface area (TPSA) is 26.3 Å². The molecule has 0 rings (SSSR count). The zero-order valence-electron chi connectivity index (χ0n) is 6.26. The quantitative estimate of drug-likeness (QED) is 0.272. The normalized spacial score (nSPS) is 8.91. The minimum absolute atomic E-state index is 0.271. The minimum atomic E-state index is -0.378. The van der Waals surface area contributed by atoms with Crippen molar-refractivity contribution in [2.45, 2.75) is 6.92 Å². The molecule has 3 heteroatoms. The number of halogens is 1. The predicted octanol–water partition coefficient (Wildman–Crippen LogP) is 1.35. The Morgan fingerprint density at radius 1 is 1.73 bits per heavy atom. The van der Waals surface area contributed by atoms with Crippen LogP contribution in [0.2, 0.25) is 0 Å². The molecule has 0 bridgehead atoms. The first kappa shape index (κ1) is 10.1. The van der Waals surface area contributed by atoms with E-state index in [9.17, 15) is 4.79 Å². The molecule has 0 N–H and O–H groups in total. The monoisotopic (exact) mass is 172 g/mol. The van der Waals surface area contributed by atoms with Crippen LogP contribution in [-0.4, -0.2) is 18.5 Å². The van der Waals surface area contributed by atoms with E-state index in [1.165, 1.54) is 12.2 Å². The number of carbonyl (C=O) groups is 1. The summed E-state index contributed by atoms with van der Waals surface area (Å²) in [6.45, 7) is 2.13. The third kappa shape index (κ3) is 6.95. The molecular formula is C8H9ClO2. The molecule has 0 aromatic heterocycles. The van der Waals surface area contributed by atoms with Crippen LogP contribution in [0.4, 0.5) is 0 Å². The average molecular weight is 173 g/mol. The highest BCUT2D eigenvalue weighted by molar-refractivity contribution is 6.19. The van der Waals surface area contributed by atoms with Gasteiger partial charge >= 0.3 is 5.97 Å². The maximum absolute atomic E-state index is 10.6. The van der Waals surface area contributed by atoms with Crippen molar-refractivity contribution in [1.82, 2.24) is 0 Å². The van der Waals surface area contributed by atoms with Crippen LogP contribution in [-0.2, 0) is 9.53 Å². The molecule has 0 aliphatic carbocycles. The van der Waals surface area contributed by atoms with Crippen molar-refractivity contribution in [2.75, 3.05) is 12.5 Å². The van der Waals surface area contributed by atoms with E-state index in [0.717, 1.165) is 0 Å². The van der Waals surface area contributed by atoms with Gasteiger partial charge in [0.15, 0.2) is 0 Å². The molecule has 0 amide bonds. The van der Waals surface area contributed by atoms with Gasteiger partial charge in [0.2, 0.25) is 0 Å². The molecule has 0 aromatic carbocycles. The molecule has 0 fully saturated rings. The van der Waals surface area contributed by atoms with Crippen molar-refractivity contribution in [1.29, 1.82) is 0 Å². The lowest BCUT2D eigenvalue weighted by Crippen LogP contribution is -1.98. The van der Waals surface area contributed by atoms with E-state index >= 15 is 0 Å². The van der Waals surface area contributed by atoms with Gasteiger partial charge in [0.05, 0.1) is 12.5 Å². The van der Waals surface area contributed by atoms with Gasteiger partial charge in [-0.3, -0.25) is 0 Å². The minimum Gasteiger partial charge on any atom is -0.463 e. The van der Waals surface area contributed by atoms with Crippen LogP contribution in [0.3, 0.4) is 0 Å². The van der Waals surface area contributed by atoms with Gasteiger partial charge in [0.1, 0.15) is 0 Å². The second-order valence-corrected chi connectivity index (χ2v) is 1.81. The Balaban J connectivity index is 3.65. The molecular weight excluding hydrogens is 164 g/mol. The van der Waals surface area contributed by atoms with Crippen LogP contribution in [0.15, 0.2) is 12.2 Å². The SMILES string of the molecule is CCOC(=O)C=CC#CCCl. The van der Waals surface area contributed by atoms with Crippen LogP contribution >= 0.6 is 11.6 Å². The summed E-state index contributed by atoms with van der Waals surface area (Å²) in [5, 5.41) is 0. The van der Waals surface area contributed by atoms with E-state index in [4.69, 9.17) is 11.6 Å². The molecule has 60 valence electrons. The summed E-state index contributed by atoms with van der Waals surface area (Å²) in [6.07, 6.45) is 2.68. The first-order chi connectivity index (χ1) is 5.31. The zero-order chi connectivity index (χ0) is 8.53. The van der Waals surface area contributed by atoms with Gasteiger partial charge in [0, 0.05) is 6.08 Å². The van der Waals surface area contributed by atoms with Crippen molar-refractivity contribution in [3.63, 3.8) is 0 Å². The molecule has 0 aliphatic heterocycles. The van der Waals surface area contributed by atoms with Crippen LogP contribution < -0.4 is 0 Å². The van der Waals surface area contributed by atoms with Gasteiger partial charge < -0.3 is 4.74 Å². The lowest BCUT2D eigenvalue weighted by atomic mass is 10.5. The highest BCUT2D eigenvalue weighted by Crippen LogP contribution is 1.79. The van der Waals surface area contributed by atoms with Crippen molar-refractivity contribution < 1.29 is 9.53 Å². The number of carbonyl (C=O) groups excluding carboxylic acids is 1. The summed E-state index contributed by atoms with van der Waals surface area (Å²) in [7, 11) is 0. The maximum Gasteiger partial charge on any atom is 0.331 e. The highest BCUT2D eigenvalue weighted by atomic mass is 35.5. The van der Waals surface area contributed by atoms with Crippen LogP contribution in [0.1, 0.15) is 6.92 Å². The maximum atomic E-state index is 10.6. The van der Waals surface area contributed by atoms with Crippen LogP contribution in [0.5, 0.6) is 0 Å². The molecule has 0 aliphatic rings. The molecule has 0 radical (unpaired) electrons. The molecule has 0 spiro atoms. The first-order valence-corrected chi connectivity index (χ1v) is 3.72. The Morgan fingerprint density at radius 3 is 3.00 bits per heavy atom. The summed E-state index contributed by atoms with van der Waals surface area (Å²) in [5.41, 5.74) is 0. The molecule has 0 atom stereocenters. The number of hydrogen-bond donors (Lipinski definition) is 0. The third-order valence-electron chi connectivity index (χ3n) is 0.758. The fraction of sp³-hybridized carbons (Fsp3) is 0.375. The number of allylic oxidation sites excluding steroid dienone is 1. The number of esters is 1. The molecule has 11 heavy (non-hydrogen) atoms. The average Bonchev–Trinajstić information content (AvgIpc) is 1.99. The van der Waals surface area contributed by atoms with Gasteiger partial charge in [-0.2, -0.15) is 0 Å². The van der Waals surface area contributed by atoms with E-state index in [0.29, 0.717) is 6.61 Å². The molecule has 0 heterocycles. The van der Waals surface area contributed by atoms with Crippen molar-refractivity contribution >= 4 is 17.6 Å². The molecule has 0 saturated carbocycles. The summed E-state index contributed by atoms with van der Waals surface area (Å²) >= 11 is 5.25. The van der Waals surface area contributed by atoms with Crippen LogP contribution in [0, 0.1) is 11.8 Å². The lowest BCUT2D eigenvalue weighted by Gasteiger charge is -1.91. The molecule has 0 aromatic rings. The highest BCUT2D eigenvalue weighted by Gasteiger charge is 1.89.